The second kappa shape index (κ2) is 4.95. The Bertz CT molecular complexity index is 487. The third kappa shape index (κ3) is 2.33. The Balaban J connectivity index is 1.78. The van der Waals surface area contributed by atoms with E-state index >= 15 is 0 Å². The molecular formula is C20H34O3. The summed E-state index contributed by atoms with van der Waals surface area (Å²) in [5.74, 6) is 1.99. The molecule has 4 aliphatic rings. The quantitative estimate of drug-likeness (QED) is 0.795. The maximum absolute atomic E-state index is 11.2. The molecule has 3 saturated heterocycles. The van der Waals surface area contributed by atoms with E-state index in [0.29, 0.717) is 17.8 Å². The number of hydrogen-bond acceptors (Lipinski definition) is 3. The molecule has 3 aliphatic heterocycles. The zero-order valence-corrected chi connectivity index (χ0v) is 15.5. The summed E-state index contributed by atoms with van der Waals surface area (Å²) < 4.78 is 13.4. The van der Waals surface area contributed by atoms with Crippen LogP contribution in [-0.2, 0) is 9.47 Å². The summed E-state index contributed by atoms with van der Waals surface area (Å²) in [5.41, 5.74) is -0.839. The molecule has 0 aromatic heterocycles. The van der Waals surface area contributed by atoms with Crippen molar-refractivity contribution < 1.29 is 14.6 Å². The number of rotatable bonds is 1. The van der Waals surface area contributed by atoms with Gasteiger partial charge >= 0.3 is 0 Å². The van der Waals surface area contributed by atoms with Gasteiger partial charge in [-0.25, -0.2) is 0 Å². The minimum Gasteiger partial charge on any atom is -0.390 e. The van der Waals surface area contributed by atoms with Crippen LogP contribution in [0, 0.1) is 23.7 Å². The van der Waals surface area contributed by atoms with Gasteiger partial charge in [0.05, 0.1) is 29.0 Å². The van der Waals surface area contributed by atoms with Gasteiger partial charge in [-0.15, -0.1) is 0 Å². The number of aliphatic hydroxyl groups is 1. The van der Waals surface area contributed by atoms with E-state index < -0.39 is 5.60 Å². The highest BCUT2D eigenvalue weighted by Crippen LogP contribution is 2.60. The lowest BCUT2D eigenvalue weighted by Gasteiger charge is -2.54. The highest BCUT2D eigenvalue weighted by Gasteiger charge is 2.65. The first kappa shape index (κ1) is 16.4. The van der Waals surface area contributed by atoms with Crippen LogP contribution in [0.15, 0.2) is 0 Å². The number of hydrogen-bond donors (Lipinski definition) is 1. The highest BCUT2D eigenvalue weighted by molar-refractivity contribution is 5.14. The van der Waals surface area contributed by atoms with E-state index in [2.05, 4.69) is 34.6 Å². The maximum atomic E-state index is 11.2. The molecule has 4 fully saturated rings. The lowest BCUT2D eigenvalue weighted by atomic mass is 9.56. The Hall–Kier alpha value is -0.120. The predicted molar refractivity (Wildman–Crippen MR) is 90.2 cm³/mol. The second-order valence-corrected chi connectivity index (χ2v) is 9.92. The zero-order valence-electron chi connectivity index (χ0n) is 15.5. The normalized spacial score (nSPS) is 58.8. The van der Waals surface area contributed by atoms with Crippen LogP contribution in [0.5, 0.6) is 0 Å². The van der Waals surface area contributed by atoms with Gasteiger partial charge < -0.3 is 14.6 Å². The summed E-state index contributed by atoms with van der Waals surface area (Å²) in [6, 6.07) is 0. The minimum atomic E-state index is -0.589. The Labute approximate surface area is 141 Å². The van der Waals surface area contributed by atoms with Crippen molar-refractivity contribution in [2.24, 2.45) is 23.7 Å². The fraction of sp³-hybridized carbons (Fsp3) is 1.00. The molecule has 4 rings (SSSR count). The van der Waals surface area contributed by atoms with Crippen LogP contribution >= 0.6 is 0 Å². The molecule has 1 aliphatic carbocycles. The van der Waals surface area contributed by atoms with E-state index in [1.54, 1.807) is 0 Å². The first-order valence-electron chi connectivity index (χ1n) is 9.73. The standard InChI is InChI=1S/C20H34O3/c1-12(2)13-7-10-19(4,21)16-14-11-18(3)8-6-9-20(5,23-18)17(22-14)15(13)16/h12-17,21H,6-11H2,1-5H3/t13-,14-,15-,16-,17-,18+,19+,20-/m0/s1. The van der Waals surface area contributed by atoms with Crippen molar-refractivity contribution in [2.75, 3.05) is 0 Å². The van der Waals surface area contributed by atoms with Crippen LogP contribution in [0.25, 0.3) is 0 Å². The van der Waals surface area contributed by atoms with Gasteiger partial charge in [0.1, 0.15) is 0 Å². The smallest absolute Gasteiger partial charge is 0.0925 e. The molecular weight excluding hydrogens is 288 g/mol. The molecule has 0 aromatic carbocycles. The number of fused-ring (bicyclic) bond motifs is 8. The van der Waals surface area contributed by atoms with Crippen LogP contribution < -0.4 is 0 Å². The SMILES string of the molecule is CC(C)[C@@H]1CC[C@@](C)(O)[C@@H]2[C@H]1[C@@H]1O[C@H]2C[C@@]2(C)CCC[C@]1(C)O2. The Morgan fingerprint density at radius 1 is 1.09 bits per heavy atom. The van der Waals surface area contributed by atoms with Gasteiger partial charge in [0, 0.05) is 12.3 Å². The molecule has 4 bridgehead atoms. The topological polar surface area (TPSA) is 38.7 Å². The third-order valence-electron chi connectivity index (χ3n) is 7.63. The molecule has 0 aromatic rings. The van der Waals surface area contributed by atoms with Gasteiger partial charge in [-0.1, -0.05) is 13.8 Å². The van der Waals surface area contributed by atoms with Crippen molar-refractivity contribution in [3.8, 4) is 0 Å². The highest BCUT2D eigenvalue weighted by atomic mass is 16.6. The minimum absolute atomic E-state index is 0.0712. The molecule has 132 valence electrons. The molecule has 3 heteroatoms. The van der Waals surface area contributed by atoms with Crippen molar-refractivity contribution in [3.63, 3.8) is 0 Å². The number of ether oxygens (including phenoxy) is 2. The summed E-state index contributed by atoms with van der Waals surface area (Å²) in [5, 5.41) is 11.2. The van der Waals surface area contributed by atoms with Crippen LogP contribution in [0.2, 0.25) is 0 Å². The van der Waals surface area contributed by atoms with Crippen molar-refractivity contribution in [2.45, 2.75) is 102 Å². The molecule has 0 amide bonds. The first-order chi connectivity index (χ1) is 10.7. The molecule has 3 nitrogen and oxygen atoms in total. The lowest BCUT2D eigenvalue weighted by molar-refractivity contribution is -0.216. The summed E-state index contributed by atoms with van der Waals surface area (Å²) in [7, 11) is 0. The molecule has 1 N–H and O–H groups in total. The molecule has 23 heavy (non-hydrogen) atoms. The first-order valence-corrected chi connectivity index (χ1v) is 9.73. The summed E-state index contributed by atoms with van der Waals surface area (Å²) in [6.45, 7) is 11.3. The third-order valence-corrected chi connectivity index (χ3v) is 7.63. The van der Waals surface area contributed by atoms with Gasteiger partial charge in [0.25, 0.3) is 0 Å². The largest absolute Gasteiger partial charge is 0.390 e. The molecule has 0 unspecified atom stereocenters. The van der Waals surface area contributed by atoms with Gasteiger partial charge in [-0.3, -0.25) is 0 Å². The van der Waals surface area contributed by atoms with Crippen molar-refractivity contribution >= 4 is 0 Å². The van der Waals surface area contributed by atoms with Gasteiger partial charge in [0.15, 0.2) is 0 Å². The van der Waals surface area contributed by atoms with Gasteiger partial charge in [-0.05, 0) is 70.6 Å². The molecule has 1 saturated carbocycles. The Kier molecular flexibility index (Phi) is 3.52. The molecule has 3 heterocycles. The lowest BCUT2D eigenvalue weighted by Crippen LogP contribution is -2.59. The predicted octanol–water partition coefficient (Wildman–Crippen LogP) is 3.92. The maximum Gasteiger partial charge on any atom is 0.0925 e. The van der Waals surface area contributed by atoms with Crippen molar-refractivity contribution in [3.05, 3.63) is 0 Å². The van der Waals surface area contributed by atoms with E-state index in [9.17, 15) is 5.11 Å². The molecule has 8 atom stereocenters. The van der Waals surface area contributed by atoms with Gasteiger partial charge in [-0.2, -0.15) is 0 Å². The summed E-state index contributed by atoms with van der Waals surface area (Å²) >= 11 is 0. The monoisotopic (exact) mass is 322 g/mol. The van der Waals surface area contributed by atoms with Crippen molar-refractivity contribution in [1.29, 1.82) is 0 Å². The summed E-state index contributed by atoms with van der Waals surface area (Å²) in [6.07, 6.45) is 6.74. The average molecular weight is 322 g/mol. The zero-order chi connectivity index (χ0) is 16.6. The molecule has 0 radical (unpaired) electrons. The van der Waals surface area contributed by atoms with E-state index in [1.165, 1.54) is 6.42 Å². The van der Waals surface area contributed by atoms with Crippen LogP contribution in [0.4, 0.5) is 0 Å². The second-order valence-electron chi connectivity index (χ2n) is 9.92. The molecule has 0 spiro atoms. The van der Waals surface area contributed by atoms with Crippen LogP contribution in [0.1, 0.15) is 73.1 Å². The summed E-state index contributed by atoms with van der Waals surface area (Å²) in [4.78, 5) is 0. The van der Waals surface area contributed by atoms with E-state index in [1.807, 2.05) is 0 Å². The average Bonchev–Trinajstić information content (AvgIpc) is 2.75. The fourth-order valence-electron chi connectivity index (χ4n) is 6.68. The van der Waals surface area contributed by atoms with E-state index in [-0.39, 0.29) is 29.3 Å². The van der Waals surface area contributed by atoms with Crippen molar-refractivity contribution in [1.82, 2.24) is 0 Å². The fourth-order valence-corrected chi connectivity index (χ4v) is 6.68. The Morgan fingerprint density at radius 2 is 1.83 bits per heavy atom. The van der Waals surface area contributed by atoms with Crippen LogP contribution in [0.3, 0.4) is 0 Å². The Morgan fingerprint density at radius 3 is 2.52 bits per heavy atom. The van der Waals surface area contributed by atoms with Crippen LogP contribution in [-0.4, -0.2) is 34.1 Å². The van der Waals surface area contributed by atoms with E-state index in [0.717, 1.165) is 32.1 Å². The van der Waals surface area contributed by atoms with E-state index in [4.69, 9.17) is 9.47 Å². The van der Waals surface area contributed by atoms with Gasteiger partial charge in [0.2, 0.25) is 0 Å².